The van der Waals surface area contributed by atoms with Crippen LogP contribution >= 0.6 is 0 Å². The maximum absolute atomic E-state index is 5.57. The van der Waals surface area contributed by atoms with E-state index < -0.39 is 0 Å². The molecule has 0 bridgehead atoms. The van der Waals surface area contributed by atoms with Crippen molar-refractivity contribution in [2.45, 2.75) is 19.3 Å². The average molecular weight is 184 g/mol. The summed E-state index contributed by atoms with van der Waals surface area (Å²) in [5.74, 6) is 0.513. The molecule has 13 heavy (non-hydrogen) atoms. The van der Waals surface area contributed by atoms with Gasteiger partial charge < -0.3 is 16.8 Å². The summed E-state index contributed by atoms with van der Waals surface area (Å²) in [6.45, 7) is 5.89. The summed E-state index contributed by atoms with van der Waals surface area (Å²) in [5, 5.41) is 3.01. The van der Waals surface area contributed by atoms with Crippen LogP contribution in [0.15, 0.2) is 17.6 Å². The van der Waals surface area contributed by atoms with Gasteiger partial charge in [-0.3, -0.25) is 4.99 Å². The Morgan fingerprint density at radius 1 is 1.46 bits per heavy atom. The van der Waals surface area contributed by atoms with Gasteiger partial charge in [-0.2, -0.15) is 0 Å². The van der Waals surface area contributed by atoms with Crippen LogP contribution in [0.5, 0.6) is 0 Å². The van der Waals surface area contributed by atoms with Crippen LogP contribution in [-0.4, -0.2) is 25.6 Å². The van der Waals surface area contributed by atoms with Gasteiger partial charge in [0.25, 0.3) is 0 Å². The molecular weight excluding hydrogens is 164 g/mol. The zero-order chi connectivity index (χ0) is 9.94. The highest BCUT2D eigenvalue weighted by molar-refractivity contribution is 5.77. The van der Waals surface area contributed by atoms with Crippen molar-refractivity contribution in [2.24, 2.45) is 16.5 Å². The third-order valence-corrected chi connectivity index (χ3v) is 1.55. The summed E-state index contributed by atoms with van der Waals surface area (Å²) in [4.78, 5) is 4.09. The van der Waals surface area contributed by atoms with Crippen molar-refractivity contribution in [1.82, 2.24) is 5.32 Å². The Bertz CT molecular complexity index is 154. The number of nitrogens with one attached hydrogen (secondary N) is 1. The van der Waals surface area contributed by atoms with E-state index in [0.717, 1.165) is 32.4 Å². The lowest BCUT2D eigenvalue weighted by molar-refractivity contribution is 0.713. The fourth-order valence-corrected chi connectivity index (χ4v) is 0.818. The zero-order valence-electron chi connectivity index (χ0n) is 8.13. The molecule has 4 nitrogen and oxygen atoms in total. The molecule has 0 aromatic rings. The molecule has 0 spiro atoms. The van der Waals surface area contributed by atoms with Crippen LogP contribution in [0, 0.1) is 0 Å². The predicted octanol–water partition coefficient (Wildman–Crippen LogP) is 0.206. The Kier molecular flexibility index (Phi) is 8.34. The molecule has 0 amide bonds. The van der Waals surface area contributed by atoms with Gasteiger partial charge in [0.1, 0.15) is 0 Å². The van der Waals surface area contributed by atoms with E-state index in [4.69, 9.17) is 11.5 Å². The lowest BCUT2D eigenvalue weighted by Crippen LogP contribution is -2.32. The fourth-order valence-electron chi connectivity index (χ4n) is 0.818. The van der Waals surface area contributed by atoms with Crippen LogP contribution in [0.25, 0.3) is 0 Å². The summed E-state index contributed by atoms with van der Waals surface area (Å²) in [7, 11) is 0. The van der Waals surface area contributed by atoms with Crippen LogP contribution < -0.4 is 16.8 Å². The lowest BCUT2D eigenvalue weighted by Gasteiger charge is -2.03. The molecule has 0 atom stereocenters. The third-order valence-electron chi connectivity index (χ3n) is 1.55. The molecule has 76 valence electrons. The van der Waals surface area contributed by atoms with Gasteiger partial charge in [-0.15, -0.1) is 6.58 Å². The standard InChI is InChI=1S/C9H20N4/c1-2-3-7-12-9(11)13-8-5-4-6-10/h2H,1,3-8,10H2,(H3,11,12,13). The van der Waals surface area contributed by atoms with Gasteiger partial charge in [0.05, 0.1) is 0 Å². The Balaban J connectivity index is 3.32. The van der Waals surface area contributed by atoms with Crippen molar-refractivity contribution in [1.29, 1.82) is 0 Å². The molecule has 5 N–H and O–H groups in total. The molecule has 0 aromatic heterocycles. The summed E-state index contributed by atoms with van der Waals surface area (Å²) < 4.78 is 0. The van der Waals surface area contributed by atoms with Crippen LogP contribution in [-0.2, 0) is 0 Å². The topological polar surface area (TPSA) is 76.4 Å². The maximum atomic E-state index is 5.57. The number of rotatable bonds is 7. The molecule has 4 heteroatoms. The lowest BCUT2D eigenvalue weighted by atomic mass is 10.3. The molecular formula is C9H20N4. The molecule has 0 rings (SSSR count). The summed E-state index contributed by atoms with van der Waals surface area (Å²) in [6, 6.07) is 0. The molecule has 0 aliphatic rings. The second kappa shape index (κ2) is 9.06. The van der Waals surface area contributed by atoms with Gasteiger partial charge in [0.2, 0.25) is 0 Å². The Labute approximate surface area is 80.1 Å². The van der Waals surface area contributed by atoms with Gasteiger partial charge in [-0.25, -0.2) is 0 Å². The molecule has 0 saturated carbocycles. The monoisotopic (exact) mass is 184 g/mol. The largest absolute Gasteiger partial charge is 0.370 e. The number of guanidine groups is 1. The summed E-state index contributed by atoms with van der Waals surface area (Å²) in [5.41, 5.74) is 10.9. The van der Waals surface area contributed by atoms with Crippen molar-refractivity contribution >= 4 is 5.96 Å². The molecule has 0 fully saturated rings. The summed E-state index contributed by atoms with van der Waals surface area (Å²) in [6.07, 6.45) is 4.75. The highest BCUT2D eigenvalue weighted by atomic mass is 15.1. The number of unbranched alkanes of at least 4 members (excludes halogenated alkanes) is 1. The van der Waals surface area contributed by atoms with Crippen LogP contribution in [0.2, 0.25) is 0 Å². The fraction of sp³-hybridized carbons (Fsp3) is 0.667. The molecule has 0 saturated heterocycles. The van der Waals surface area contributed by atoms with E-state index in [9.17, 15) is 0 Å². The Morgan fingerprint density at radius 2 is 2.23 bits per heavy atom. The minimum absolute atomic E-state index is 0.513. The average Bonchev–Trinajstić information content (AvgIpc) is 2.13. The van der Waals surface area contributed by atoms with E-state index in [2.05, 4.69) is 16.9 Å². The number of aliphatic imine (C=N–C) groups is 1. The van der Waals surface area contributed by atoms with E-state index in [0.29, 0.717) is 12.5 Å². The van der Waals surface area contributed by atoms with Crippen LogP contribution in [0.4, 0.5) is 0 Å². The molecule has 0 radical (unpaired) electrons. The van der Waals surface area contributed by atoms with Crippen molar-refractivity contribution in [3.8, 4) is 0 Å². The first-order valence-electron chi connectivity index (χ1n) is 4.66. The normalized spacial score (nSPS) is 11.3. The first kappa shape index (κ1) is 12.0. The third kappa shape index (κ3) is 8.88. The van der Waals surface area contributed by atoms with Gasteiger partial charge in [-0.1, -0.05) is 6.08 Å². The number of hydrogen-bond donors (Lipinski definition) is 3. The van der Waals surface area contributed by atoms with Crippen molar-refractivity contribution in [2.75, 3.05) is 19.6 Å². The predicted molar refractivity (Wildman–Crippen MR) is 57.6 cm³/mol. The second-order valence-corrected chi connectivity index (χ2v) is 2.77. The highest BCUT2D eigenvalue weighted by Gasteiger charge is 1.89. The number of nitrogens with zero attached hydrogens (tertiary/aromatic N) is 1. The van der Waals surface area contributed by atoms with Gasteiger partial charge in [0.15, 0.2) is 5.96 Å². The van der Waals surface area contributed by atoms with Crippen molar-refractivity contribution < 1.29 is 0 Å². The van der Waals surface area contributed by atoms with E-state index in [-0.39, 0.29) is 0 Å². The van der Waals surface area contributed by atoms with Gasteiger partial charge in [0, 0.05) is 13.1 Å². The van der Waals surface area contributed by atoms with Crippen LogP contribution in [0.1, 0.15) is 19.3 Å². The molecule has 0 heterocycles. The van der Waals surface area contributed by atoms with E-state index in [1.807, 2.05) is 6.08 Å². The minimum atomic E-state index is 0.513. The first-order valence-corrected chi connectivity index (χ1v) is 4.66. The van der Waals surface area contributed by atoms with E-state index >= 15 is 0 Å². The molecule has 0 aliphatic carbocycles. The van der Waals surface area contributed by atoms with Crippen molar-refractivity contribution in [3.05, 3.63) is 12.7 Å². The minimum Gasteiger partial charge on any atom is -0.370 e. The maximum Gasteiger partial charge on any atom is 0.188 e. The Hall–Kier alpha value is -1.03. The quantitative estimate of drug-likeness (QED) is 0.229. The SMILES string of the molecule is C=CCCN=C(N)NCCCCN. The molecule has 0 aromatic carbocycles. The molecule has 0 unspecified atom stereocenters. The van der Waals surface area contributed by atoms with Crippen LogP contribution in [0.3, 0.4) is 0 Å². The van der Waals surface area contributed by atoms with Gasteiger partial charge in [-0.05, 0) is 25.8 Å². The molecule has 0 aliphatic heterocycles. The zero-order valence-corrected chi connectivity index (χ0v) is 8.13. The smallest absolute Gasteiger partial charge is 0.188 e. The van der Waals surface area contributed by atoms with Gasteiger partial charge >= 0.3 is 0 Å². The second-order valence-electron chi connectivity index (χ2n) is 2.77. The van der Waals surface area contributed by atoms with E-state index in [1.165, 1.54) is 0 Å². The number of nitrogens with two attached hydrogens (primary N) is 2. The first-order chi connectivity index (χ1) is 6.31. The van der Waals surface area contributed by atoms with E-state index in [1.54, 1.807) is 0 Å². The summed E-state index contributed by atoms with van der Waals surface area (Å²) >= 11 is 0. The highest BCUT2D eigenvalue weighted by Crippen LogP contribution is 1.83. The van der Waals surface area contributed by atoms with Crippen molar-refractivity contribution in [3.63, 3.8) is 0 Å². The Morgan fingerprint density at radius 3 is 2.85 bits per heavy atom. The number of hydrogen-bond acceptors (Lipinski definition) is 2.